The number of fused-ring (bicyclic) bond motifs is 1. The quantitative estimate of drug-likeness (QED) is 0.654. The molecule has 4 heterocycles. The van der Waals surface area contributed by atoms with Crippen LogP contribution < -0.4 is 5.56 Å². The molecule has 0 aromatic carbocycles. The molecule has 3 aromatic heterocycles. The van der Waals surface area contributed by atoms with Gasteiger partial charge in [0.15, 0.2) is 5.82 Å². The molecule has 0 spiro atoms. The van der Waals surface area contributed by atoms with Gasteiger partial charge >= 0.3 is 0 Å². The third-order valence-corrected chi connectivity index (χ3v) is 5.95. The van der Waals surface area contributed by atoms with Gasteiger partial charge in [-0.05, 0) is 37.0 Å². The number of hydrogen-bond acceptors (Lipinski definition) is 6. The first-order chi connectivity index (χ1) is 14.3. The van der Waals surface area contributed by atoms with Crippen LogP contribution in [0.15, 0.2) is 35.4 Å². The predicted molar refractivity (Wildman–Crippen MR) is 108 cm³/mol. The van der Waals surface area contributed by atoms with Crippen LogP contribution in [-0.4, -0.2) is 72.3 Å². The topological polar surface area (TPSA) is 87.9 Å². The van der Waals surface area contributed by atoms with Gasteiger partial charge in [0.1, 0.15) is 0 Å². The molecule has 5 rings (SSSR count). The van der Waals surface area contributed by atoms with Crippen molar-refractivity contribution in [1.82, 2.24) is 39.6 Å². The summed E-state index contributed by atoms with van der Waals surface area (Å²) < 4.78 is 3.21. The Morgan fingerprint density at radius 2 is 1.90 bits per heavy atom. The first-order valence-corrected chi connectivity index (χ1v) is 10.3. The van der Waals surface area contributed by atoms with Gasteiger partial charge in [0, 0.05) is 63.4 Å². The maximum atomic E-state index is 12.2. The third kappa shape index (κ3) is 3.88. The van der Waals surface area contributed by atoms with E-state index in [4.69, 9.17) is 0 Å². The van der Waals surface area contributed by atoms with Gasteiger partial charge in [-0.1, -0.05) is 0 Å². The number of aromatic nitrogens is 6. The van der Waals surface area contributed by atoms with E-state index >= 15 is 0 Å². The molecule has 1 saturated heterocycles. The summed E-state index contributed by atoms with van der Waals surface area (Å²) in [6.07, 6.45) is 7.09. The van der Waals surface area contributed by atoms with Crippen molar-refractivity contribution >= 4 is 0 Å². The Morgan fingerprint density at radius 1 is 1.03 bits per heavy atom. The lowest BCUT2D eigenvalue weighted by molar-refractivity contribution is 0.121. The molecule has 0 amide bonds. The second-order valence-corrected chi connectivity index (χ2v) is 7.80. The van der Waals surface area contributed by atoms with E-state index < -0.39 is 0 Å². The highest BCUT2D eigenvalue weighted by atomic mass is 16.1. The number of nitrogens with one attached hydrogen (secondary N) is 1. The Bertz CT molecular complexity index is 1010. The zero-order chi connectivity index (χ0) is 19.6. The van der Waals surface area contributed by atoms with Crippen molar-refractivity contribution in [3.05, 3.63) is 57.9 Å². The molecule has 0 radical (unpaired) electrons. The van der Waals surface area contributed by atoms with Gasteiger partial charge in [0.25, 0.3) is 5.56 Å². The third-order valence-electron chi connectivity index (χ3n) is 5.95. The Morgan fingerprint density at radius 3 is 2.72 bits per heavy atom. The fourth-order valence-corrected chi connectivity index (χ4v) is 4.26. The molecular formula is C20H26N8O. The number of nitrogens with zero attached hydrogens (tertiary/aromatic N) is 7. The zero-order valence-corrected chi connectivity index (χ0v) is 16.5. The number of aromatic amines is 1. The lowest BCUT2D eigenvalue weighted by Crippen LogP contribution is -2.47. The number of hydrogen-bond donors (Lipinski definition) is 1. The van der Waals surface area contributed by atoms with E-state index in [-0.39, 0.29) is 5.56 Å². The van der Waals surface area contributed by atoms with Crippen LogP contribution in [0.5, 0.6) is 0 Å². The Balaban J connectivity index is 1.14. The van der Waals surface area contributed by atoms with Crippen LogP contribution in [0.1, 0.15) is 23.4 Å². The minimum absolute atomic E-state index is 0.0769. The van der Waals surface area contributed by atoms with E-state index in [1.165, 1.54) is 34.5 Å². The number of H-pyrrole nitrogens is 1. The van der Waals surface area contributed by atoms with Gasteiger partial charge in [-0.2, -0.15) is 10.2 Å². The highest BCUT2D eigenvalue weighted by Crippen LogP contribution is 2.23. The van der Waals surface area contributed by atoms with Crippen LogP contribution in [0.25, 0.3) is 5.82 Å². The fraction of sp³-hybridized carbons (Fsp3) is 0.500. The van der Waals surface area contributed by atoms with Crippen LogP contribution in [0.4, 0.5) is 0 Å². The van der Waals surface area contributed by atoms with Crippen LogP contribution in [0, 0.1) is 0 Å². The average Bonchev–Trinajstić information content (AvgIpc) is 3.48. The summed E-state index contributed by atoms with van der Waals surface area (Å²) in [6, 6.07) is 5.11. The van der Waals surface area contributed by atoms with E-state index in [2.05, 4.69) is 30.2 Å². The Kier molecular flexibility index (Phi) is 4.99. The average molecular weight is 394 g/mol. The van der Waals surface area contributed by atoms with Crippen LogP contribution in [-0.2, 0) is 25.9 Å². The molecule has 0 unspecified atom stereocenters. The van der Waals surface area contributed by atoms with Crippen LogP contribution in [0.3, 0.4) is 0 Å². The molecule has 1 aliphatic carbocycles. The largest absolute Gasteiger partial charge is 0.299 e. The molecule has 1 fully saturated rings. The van der Waals surface area contributed by atoms with E-state index in [9.17, 15) is 4.79 Å². The number of rotatable bonds is 6. The molecule has 1 N–H and O–H groups in total. The van der Waals surface area contributed by atoms with Gasteiger partial charge in [0.2, 0.25) is 0 Å². The maximum absolute atomic E-state index is 12.2. The molecule has 2 aliphatic rings. The molecule has 152 valence electrons. The first-order valence-electron chi connectivity index (χ1n) is 10.3. The molecular weight excluding hydrogens is 368 g/mol. The Hall–Kier alpha value is -2.78. The summed E-state index contributed by atoms with van der Waals surface area (Å²) >= 11 is 0. The van der Waals surface area contributed by atoms with Gasteiger partial charge in [0.05, 0.1) is 12.2 Å². The predicted octanol–water partition coefficient (Wildman–Crippen LogP) is 0.459. The summed E-state index contributed by atoms with van der Waals surface area (Å²) in [5.74, 6) is 0.658. The van der Waals surface area contributed by atoms with E-state index in [0.717, 1.165) is 45.7 Å². The Labute approximate surface area is 168 Å². The number of piperazine rings is 1. The van der Waals surface area contributed by atoms with E-state index in [1.54, 1.807) is 23.0 Å². The zero-order valence-electron chi connectivity index (χ0n) is 16.5. The lowest BCUT2D eigenvalue weighted by atomic mass is 10.2. The molecule has 0 bridgehead atoms. The van der Waals surface area contributed by atoms with Gasteiger partial charge in [-0.15, -0.1) is 5.10 Å². The van der Waals surface area contributed by atoms with Gasteiger partial charge < -0.3 is 0 Å². The summed E-state index contributed by atoms with van der Waals surface area (Å²) in [5.41, 5.74) is 3.95. The van der Waals surface area contributed by atoms with Crippen molar-refractivity contribution in [2.75, 3.05) is 32.7 Å². The normalized spacial score (nSPS) is 17.7. The summed E-state index contributed by atoms with van der Waals surface area (Å²) in [6.45, 7) is 6.39. The molecule has 0 atom stereocenters. The lowest BCUT2D eigenvalue weighted by Gasteiger charge is -2.34. The SMILES string of the molecule is O=c1ccc(-n2cccn2)nn1CCN1CCN(Cc2n[nH]c3c2CCC3)CC1. The monoisotopic (exact) mass is 394 g/mol. The van der Waals surface area contributed by atoms with E-state index in [0.29, 0.717) is 12.4 Å². The molecule has 1 aliphatic heterocycles. The molecule has 3 aromatic rings. The van der Waals surface area contributed by atoms with E-state index in [1.807, 2.05) is 12.3 Å². The fourth-order valence-electron chi connectivity index (χ4n) is 4.26. The number of aryl methyl sites for hydroxylation is 1. The van der Waals surface area contributed by atoms with Crippen molar-refractivity contribution in [2.24, 2.45) is 0 Å². The summed E-state index contributed by atoms with van der Waals surface area (Å²) in [5, 5.41) is 16.4. The summed E-state index contributed by atoms with van der Waals surface area (Å²) in [7, 11) is 0. The van der Waals surface area contributed by atoms with Crippen molar-refractivity contribution < 1.29 is 0 Å². The van der Waals surface area contributed by atoms with Gasteiger partial charge in [-0.25, -0.2) is 9.36 Å². The van der Waals surface area contributed by atoms with Crippen LogP contribution in [0.2, 0.25) is 0 Å². The van der Waals surface area contributed by atoms with Crippen molar-refractivity contribution in [1.29, 1.82) is 0 Å². The molecule has 29 heavy (non-hydrogen) atoms. The van der Waals surface area contributed by atoms with Crippen molar-refractivity contribution in [3.63, 3.8) is 0 Å². The van der Waals surface area contributed by atoms with Crippen molar-refractivity contribution in [3.8, 4) is 5.82 Å². The highest BCUT2D eigenvalue weighted by Gasteiger charge is 2.22. The second kappa shape index (κ2) is 7.92. The van der Waals surface area contributed by atoms with Gasteiger partial charge in [-0.3, -0.25) is 19.7 Å². The molecule has 9 nitrogen and oxygen atoms in total. The minimum atomic E-state index is -0.0769. The maximum Gasteiger partial charge on any atom is 0.266 e. The minimum Gasteiger partial charge on any atom is -0.299 e. The highest BCUT2D eigenvalue weighted by molar-refractivity contribution is 5.29. The smallest absolute Gasteiger partial charge is 0.266 e. The standard InChI is InChI=1S/C20H26N8O/c29-20-6-5-19(27-8-2-7-21-27)24-28(20)14-13-25-9-11-26(12-10-25)15-18-16-3-1-4-17(16)22-23-18/h2,5-8H,1,3-4,9-15H2,(H,22,23). The first kappa shape index (κ1) is 18.3. The molecule has 0 saturated carbocycles. The van der Waals surface area contributed by atoms with Crippen molar-refractivity contribution in [2.45, 2.75) is 32.4 Å². The summed E-state index contributed by atoms with van der Waals surface area (Å²) in [4.78, 5) is 17.1. The van der Waals surface area contributed by atoms with Crippen LogP contribution >= 0.6 is 0 Å². The molecule has 9 heteroatoms. The second-order valence-electron chi connectivity index (χ2n) is 7.80.